The highest BCUT2D eigenvalue weighted by Gasteiger charge is 2.20. The summed E-state index contributed by atoms with van der Waals surface area (Å²) in [6, 6.07) is 10.1. The molecular formula is C25H28ClN3O2. The van der Waals surface area contributed by atoms with Crippen LogP contribution in [0.2, 0.25) is 5.02 Å². The van der Waals surface area contributed by atoms with Crippen LogP contribution in [-0.4, -0.2) is 39.2 Å². The van der Waals surface area contributed by atoms with E-state index in [4.69, 9.17) is 11.6 Å². The molecule has 0 bridgehead atoms. The zero-order chi connectivity index (χ0) is 21.8. The van der Waals surface area contributed by atoms with Gasteiger partial charge in [-0.25, -0.2) is 0 Å². The van der Waals surface area contributed by atoms with Crippen LogP contribution in [0.25, 0.3) is 22.2 Å². The van der Waals surface area contributed by atoms with Crippen LogP contribution < -0.4 is 0 Å². The Kier molecular flexibility index (Phi) is 6.71. The Hall–Kier alpha value is -2.66. The van der Waals surface area contributed by atoms with Crippen LogP contribution in [0.15, 0.2) is 42.7 Å². The molecule has 0 radical (unpaired) electrons. The number of piperidine rings is 1. The highest BCUT2D eigenvalue weighted by molar-refractivity contribution is 6.31. The van der Waals surface area contributed by atoms with E-state index in [0.29, 0.717) is 32.4 Å². The molecule has 1 fully saturated rings. The molecule has 4 rings (SSSR count). The van der Waals surface area contributed by atoms with Crippen molar-refractivity contribution >= 4 is 34.2 Å². The molecule has 31 heavy (non-hydrogen) atoms. The predicted molar refractivity (Wildman–Crippen MR) is 124 cm³/mol. The molecule has 6 heteroatoms. The highest BCUT2D eigenvalue weighted by Crippen LogP contribution is 2.35. The Labute approximate surface area is 188 Å². The minimum Gasteiger partial charge on any atom is -0.343 e. The first-order valence-corrected chi connectivity index (χ1v) is 11.4. The van der Waals surface area contributed by atoms with E-state index in [-0.39, 0.29) is 11.7 Å². The number of benzene rings is 1. The predicted octanol–water partition coefficient (Wildman–Crippen LogP) is 5.19. The van der Waals surface area contributed by atoms with Crippen LogP contribution in [0.3, 0.4) is 0 Å². The third kappa shape index (κ3) is 4.82. The van der Waals surface area contributed by atoms with E-state index < -0.39 is 0 Å². The van der Waals surface area contributed by atoms with Crippen LogP contribution in [-0.2, 0) is 23.1 Å². The number of ketones is 1. The number of hydrogen-bond donors (Lipinski definition) is 0. The van der Waals surface area contributed by atoms with Gasteiger partial charge in [-0.1, -0.05) is 18.0 Å². The third-order valence-corrected chi connectivity index (χ3v) is 6.43. The minimum absolute atomic E-state index is 0.181. The van der Waals surface area contributed by atoms with Crippen molar-refractivity contribution < 1.29 is 9.59 Å². The number of carbonyl (C=O) groups excluding carboxylic acids is 2. The maximum absolute atomic E-state index is 12.4. The first kappa shape index (κ1) is 21.6. The summed E-state index contributed by atoms with van der Waals surface area (Å²) in [5, 5.41) is 1.92. The van der Waals surface area contributed by atoms with E-state index >= 15 is 0 Å². The molecule has 0 N–H and O–H groups in total. The summed E-state index contributed by atoms with van der Waals surface area (Å²) in [5.41, 5.74) is 4.73. The van der Waals surface area contributed by atoms with Gasteiger partial charge in [0.1, 0.15) is 5.78 Å². The summed E-state index contributed by atoms with van der Waals surface area (Å²) >= 11 is 6.31. The number of pyridine rings is 1. The number of unbranched alkanes of at least 4 members (excludes halogenated alkanes) is 2. The van der Waals surface area contributed by atoms with Gasteiger partial charge in [-0.2, -0.15) is 0 Å². The van der Waals surface area contributed by atoms with Crippen molar-refractivity contribution in [2.24, 2.45) is 7.05 Å². The van der Waals surface area contributed by atoms with Gasteiger partial charge in [0.05, 0.1) is 5.69 Å². The van der Waals surface area contributed by atoms with E-state index in [1.165, 1.54) is 16.6 Å². The fraction of sp³-hybridized carbons (Fsp3) is 0.400. The number of nitrogens with zero attached hydrogens (tertiary/aromatic N) is 3. The second kappa shape index (κ2) is 9.65. The van der Waals surface area contributed by atoms with E-state index in [1.54, 1.807) is 6.20 Å². The monoisotopic (exact) mass is 437 g/mol. The van der Waals surface area contributed by atoms with Gasteiger partial charge in [0.25, 0.3) is 0 Å². The number of aromatic nitrogens is 2. The van der Waals surface area contributed by atoms with Gasteiger partial charge in [-0.15, -0.1) is 0 Å². The number of carbonyl (C=O) groups is 2. The molecule has 2 aromatic heterocycles. The molecule has 0 atom stereocenters. The second-order valence-corrected chi connectivity index (χ2v) is 8.71. The minimum atomic E-state index is 0.181. The molecule has 3 heterocycles. The number of rotatable bonds is 7. The number of amides is 1. The highest BCUT2D eigenvalue weighted by atomic mass is 35.5. The van der Waals surface area contributed by atoms with Crippen LogP contribution in [0.1, 0.15) is 44.1 Å². The molecule has 162 valence electrons. The second-order valence-electron chi connectivity index (χ2n) is 8.27. The average Bonchev–Trinajstić information content (AvgIpc) is 3.05. The molecule has 1 aliphatic heterocycles. The average molecular weight is 438 g/mol. The Morgan fingerprint density at radius 3 is 2.68 bits per heavy atom. The Balaban J connectivity index is 1.43. The number of hydrogen-bond acceptors (Lipinski definition) is 3. The fourth-order valence-corrected chi connectivity index (χ4v) is 4.71. The Bertz CT molecular complexity index is 1080. The molecule has 1 amide bonds. The summed E-state index contributed by atoms with van der Waals surface area (Å²) in [5.74, 6) is 0.448. The first-order valence-electron chi connectivity index (χ1n) is 11.0. The lowest BCUT2D eigenvalue weighted by atomic mass is 10.00. The number of fused-ring (bicyclic) bond motifs is 1. The Morgan fingerprint density at radius 1 is 1.13 bits per heavy atom. The first-order chi connectivity index (χ1) is 15.0. The largest absolute Gasteiger partial charge is 0.343 e. The molecule has 1 saturated heterocycles. The Morgan fingerprint density at radius 2 is 1.94 bits per heavy atom. The lowest BCUT2D eigenvalue weighted by Crippen LogP contribution is -2.38. The zero-order valence-electron chi connectivity index (χ0n) is 17.9. The molecule has 3 aromatic rings. The van der Waals surface area contributed by atoms with Crippen LogP contribution in [0.4, 0.5) is 0 Å². The number of likely N-dealkylation sites (tertiary alicyclic amines) is 1. The fourth-order valence-electron chi connectivity index (χ4n) is 4.54. The van der Waals surface area contributed by atoms with Gasteiger partial charge in [-0.05, 0) is 55.2 Å². The van der Waals surface area contributed by atoms with Crippen molar-refractivity contribution in [3.8, 4) is 11.3 Å². The topological polar surface area (TPSA) is 55.2 Å². The van der Waals surface area contributed by atoms with E-state index in [2.05, 4.69) is 28.7 Å². The van der Waals surface area contributed by atoms with Crippen LogP contribution in [0, 0.1) is 0 Å². The lowest BCUT2D eigenvalue weighted by Gasteiger charge is -2.26. The molecule has 0 spiro atoms. The molecule has 0 saturated carbocycles. The molecule has 0 unspecified atom stereocenters. The van der Waals surface area contributed by atoms with E-state index in [9.17, 15) is 9.59 Å². The van der Waals surface area contributed by atoms with Crippen molar-refractivity contribution in [1.82, 2.24) is 14.5 Å². The summed E-state index contributed by atoms with van der Waals surface area (Å²) in [6.45, 7) is 1.17. The standard InChI is InChI=1S/C25H28ClN3O2/c1-28-23-10-9-19(26)16-22(23)21(25(28)18-6-5-13-27-17-18)7-3-2-4-8-24(31)29-14-11-20(30)12-15-29/h5-6,9-10,13,16-17H,2-4,7-8,11-12,14-15H2,1H3. The molecule has 5 nitrogen and oxygen atoms in total. The van der Waals surface area contributed by atoms with Gasteiger partial charge in [0.15, 0.2) is 0 Å². The van der Waals surface area contributed by atoms with Crippen molar-refractivity contribution in [3.63, 3.8) is 0 Å². The van der Waals surface area contributed by atoms with Gasteiger partial charge in [0, 0.05) is 73.3 Å². The van der Waals surface area contributed by atoms with Crippen molar-refractivity contribution in [1.29, 1.82) is 0 Å². The molecule has 1 aromatic carbocycles. The van der Waals surface area contributed by atoms with Gasteiger partial charge in [-0.3, -0.25) is 14.6 Å². The maximum Gasteiger partial charge on any atom is 0.222 e. The van der Waals surface area contributed by atoms with Gasteiger partial charge < -0.3 is 9.47 Å². The molecule has 1 aliphatic rings. The quantitative estimate of drug-likeness (QED) is 0.478. The van der Waals surface area contributed by atoms with E-state index in [0.717, 1.165) is 41.8 Å². The van der Waals surface area contributed by atoms with Gasteiger partial charge >= 0.3 is 0 Å². The summed E-state index contributed by atoms with van der Waals surface area (Å²) in [7, 11) is 2.09. The maximum atomic E-state index is 12.4. The lowest BCUT2D eigenvalue weighted by molar-refractivity contribution is -0.134. The third-order valence-electron chi connectivity index (χ3n) is 6.19. The molecule has 0 aliphatic carbocycles. The summed E-state index contributed by atoms with van der Waals surface area (Å²) < 4.78 is 2.22. The SMILES string of the molecule is Cn1c(-c2cccnc2)c(CCCCCC(=O)N2CCC(=O)CC2)c2cc(Cl)ccc21. The zero-order valence-corrected chi connectivity index (χ0v) is 18.7. The van der Waals surface area contributed by atoms with E-state index in [1.807, 2.05) is 29.3 Å². The molecular weight excluding hydrogens is 410 g/mol. The van der Waals surface area contributed by atoms with Gasteiger partial charge in [0.2, 0.25) is 5.91 Å². The van der Waals surface area contributed by atoms with Crippen molar-refractivity contribution in [3.05, 3.63) is 53.3 Å². The smallest absolute Gasteiger partial charge is 0.222 e. The van der Waals surface area contributed by atoms with Crippen LogP contribution >= 0.6 is 11.6 Å². The number of Topliss-reactive ketones (excluding diaryl/α,β-unsaturated/α-hetero) is 1. The van der Waals surface area contributed by atoms with Crippen molar-refractivity contribution in [2.45, 2.75) is 44.9 Å². The summed E-state index contributed by atoms with van der Waals surface area (Å²) in [6.07, 6.45) is 9.06. The van der Waals surface area contributed by atoms with Crippen molar-refractivity contribution in [2.75, 3.05) is 13.1 Å². The number of halogens is 1. The van der Waals surface area contributed by atoms with Crippen LogP contribution in [0.5, 0.6) is 0 Å². The summed E-state index contributed by atoms with van der Waals surface area (Å²) in [4.78, 5) is 29.9. The normalized spacial score (nSPS) is 14.4. The number of aryl methyl sites for hydroxylation is 2.